The summed E-state index contributed by atoms with van der Waals surface area (Å²) in [4.78, 5) is 0. The normalized spacial score (nSPS) is 10.1. The Morgan fingerprint density at radius 1 is 1.25 bits per heavy atom. The van der Waals surface area contributed by atoms with Crippen molar-refractivity contribution >= 4 is 11.6 Å². The molecule has 0 atom stereocenters. The summed E-state index contributed by atoms with van der Waals surface area (Å²) in [5.74, 6) is 0.0554. The highest BCUT2D eigenvalue weighted by atomic mass is 35.5. The van der Waals surface area contributed by atoms with E-state index < -0.39 is 0 Å². The maximum atomic E-state index is 12.8. The van der Waals surface area contributed by atoms with E-state index in [-0.39, 0.29) is 5.82 Å². The zero-order valence-corrected chi connectivity index (χ0v) is 9.17. The van der Waals surface area contributed by atoms with Crippen molar-refractivity contribution in [1.82, 2.24) is 0 Å². The third-order valence-electron chi connectivity index (χ3n) is 2.02. The molecule has 0 unspecified atom stereocenters. The van der Waals surface area contributed by atoms with E-state index in [9.17, 15) is 4.39 Å². The number of ether oxygens (including phenoxy) is 1. The molecule has 0 aliphatic heterocycles. The van der Waals surface area contributed by atoms with Crippen molar-refractivity contribution in [2.45, 2.75) is 6.61 Å². The van der Waals surface area contributed by atoms with Gasteiger partial charge in [-0.1, -0.05) is 23.7 Å². The highest BCUT2D eigenvalue weighted by Gasteiger charge is 1.98. The molecule has 0 spiro atoms. The van der Waals surface area contributed by atoms with Crippen LogP contribution in [0.5, 0.6) is 5.75 Å². The largest absolute Gasteiger partial charge is 0.488 e. The van der Waals surface area contributed by atoms with Crippen molar-refractivity contribution in [1.29, 1.82) is 0 Å². The van der Waals surface area contributed by atoms with Crippen LogP contribution in [-0.4, -0.2) is 0 Å². The minimum absolute atomic E-state index is 0.333. The molecule has 0 aliphatic carbocycles. The number of benzene rings is 2. The van der Waals surface area contributed by atoms with Gasteiger partial charge in [-0.3, -0.25) is 0 Å². The van der Waals surface area contributed by atoms with E-state index in [1.807, 2.05) is 12.1 Å². The van der Waals surface area contributed by atoms with Crippen molar-refractivity contribution in [3.63, 3.8) is 0 Å². The summed E-state index contributed by atoms with van der Waals surface area (Å²) < 4.78 is 18.2. The van der Waals surface area contributed by atoms with Gasteiger partial charge in [0.15, 0.2) is 0 Å². The maximum absolute atomic E-state index is 12.8. The zero-order chi connectivity index (χ0) is 11.4. The molecule has 1 radical (unpaired) electrons. The number of rotatable bonds is 3. The molecule has 81 valence electrons. The molecule has 0 amide bonds. The second-order valence-electron chi connectivity index (χ2n) is 3.29. The van der Waals surface area contributed by atoms with Crippen LogP contribution in [-0.2, 0) is 6.61 Å². The van der Waals surface area contributed by atoms with Crippen LogP contribution in [0.3, 0.4) is 0 Å². The summed E-state index contributed by atoms with van der Waals surface area (Å²) in [7, 11) is 0. The monoisotopic (exact) mass is 235 g/mol. The Labute approximate surface area is 98.4 Å². The fraction of sp³-hybridized carbons (Fsp3) is 0.0769. The quantitative estimate of drug-likeness (QED) is 0.785. The summed E-state index contributed by atoms with van der Waals surface area (Å²) in [5.41, 5.74) is 0.935. The molecule has 2 aromatic carbocycles. The van der Waals surface area contributed by atoms with Crippen molar-refractivity contribution in [2.75, 3.05) is 0 Å². The number of halogens is 2. The highest BCUT2D eigenvalue weighted by Crippen LogP contribution is 2.15. The van der Waals surface area contributed by atoms with Crippen LogP contribution in [0.25, 0.3) is 0 Å². The third kappa shape index (κ3) is 2.97. The maximum Gasteiger partial charge on any atom is 0.130 e. The van der Waals surface area contributed by atoms with Gasteiger partial charge < -0.3 is 4.74 Å². The van der Waals surface area contributed by atoms with Crippen molar-refractivity contribution in [3.05, 3.63) is 64.9 Å². The predicted molar refractivity (Wildman–Crippen MR) is 61.0 cm³/mol. The molecule has 0 fully saturated rings. The Hall–Kier alpha value is -1.54. The molecular formula is C13H9ClFO. The van der Waals surface area contributed by atoms with E-state index in [0.717, 1.165) is 5.56 Å². The van der Waals surface area contributed by atoms with Gasteiger partial charge in [-0.25, -0.2) is 4.39 Å². The van der Waals surface area contributed by atoms with Crippen molar-refractivity contribution in [3.8, 4) is 5.75 Å². The van der Waals surface area contributed by atoms with Gasteiger partial charge in [0.05, 0.1) is 0 Å². The van der Waals surface area contributed by atoms with Gasteiger partial charge >= 0.3 is 0 Å². The van der Waals surface area contributed by atoms with Crippen LogP contribution >= 0.6 is 11.6 Å². The summed E-state index contributed by atoms with van der Waals surface area (Å²) in [6.45, 7) is 0.348. The van der Waals surface area contributed by atoms with Crippen LogP contribution in [0.4, 0.5) is 4.39 Å². The van der Waals surface area contributed by atoms with Crippen molar-refractivity contribution in [2.24, 2.45) is 0 Å². The standard InChI is InChI=1S/C13H9ClFO/c14-11-4-1-3-10(7-11)9-16-13-6-2-5-12(15)8-13/h1-5,7-8H,9H2. The van der Waals surface area contributed by atoms with Gasteiger partial charge in [0, 0.05) is 17.2 Å². The third-order valence-corrected chi connectivity index (χ3v) is 2.26. The minimum Gasteiger partial charge on any atom is -0.488 e. The van der Waals surface area contributed by atoms with E-state index in [2.05, 4.69) is 6.07 Å². The average Bonchev–Trinajstić information content (AvgIpc) is 2.27. The lowest BCUT2D eigenvalue weighted by atomic mass is 10.2. The number of hydrogen-bond acceptors (Lipinski definition) is 1. The Kier molecular flexibility index (Phi) is 3.42. The molecule has 0 N–H and O–H groups in total. The molecule has 0 aromatic heterocycles. The van der Waals surface area contributed by atoms with E-state index in [4.69, 9.17) is 16.3 Å². The summed E-state index contributed by atoms with van der Waals surface area (Å²) >= 11 is 5.83. The first kappa shape index (κ1) is 11.0. The fourth-order valence-corrected chi connectivity index (χ4v) is 1.50. The lowest BCUT2D eigenvalue weighted by Crippen LogP contribution is -1.95. The summed E-state index contributed by atoms with van der Waals surface area (Å²) in [6.07, 6.45) is 0. The molecular weight excluding hydrogens is 227 g/mol. The van der Waals surface area contributed by atoms with Gasteiger partial charge in [-0.2, -0.15) is 0 Å². The van der Waals surface area contributed by atoms with Crippen LogP contribution in [0.2, 0.25) is 5.02 Å². The highest BCUT2D eigenvalue weighted by molar-refractivity contribution is 6.30. The molecule has 0 aliphatic rings. The zero-order valence-electron chi connectivity index (χ0n) is 8.41. The molecule has 2 aromatic rings. The summed E-state index contributed by atoms with van der Waals surface area (Å²) in [6, 6.07) is 14.2. The molecule has 0 heterocycles. The van der Waals surface area contributed by atoms with E-state index in [0.29, 0.717) is 17.4 Å². The second kappa shape index (κ2) is 4.99. The Balaban J connectivity index is 2.02. The van der Waals surface area contributed by atoms with E-state index in [1.165, 1.54) is 18.2 Å². The van der Waals surface area contributed by atoms with Gasteiger partial charge in [-0.15, -0.1) is 0 Å². The predicted octanol–water partition coefficient (Wildman–Crippen LogP) is 3.86. The first-order valence-corrected chi connectivity index (χ1v) is 5.16. The SMILES string of the molecule is Fc1cc[c]c(OCc2cccc(Cl)c2)c1. The first-order chi connectivity index (χ1) is 7.74. The lowest BCUT2D eigenvalue weighted by molar-refractivity contribution is 0.304. The van der Waals surface area contributed by atoms with Crippen LogP contribution in [0.1, 0.15) is 5.56 Å². The fourth-order valence-electron chi connectivity index (χ4n) is 1.29. The van der Waals surface area contributed by atoms with Crippen LogP contribution in [0.15, 0.2) is 42.5 Å². The van der Waals surface area contributed by atoms with E-state index >= 15 is 0 Å². The number of hydrogen-bond donors (Lipinski definition) is 0. The molecule has 16 heavy (non-hydrogen) atoms. The van der Waals surface area contributed by atoms with Gasteiger partial charge in [-0.05, 0) is 29.8 Å². The average molecular weight is 236 g/mol. The van der Waals surface area contributed by atoms with Gasteiger partial charge in [0.2, 0.25) is 0 Å². The smallest absolute Gasteiger partial charge is 0.130 e. The first-order valence-electron chi connectivity index (χ1n) is 4.78. The molecule has 0 saturated heterocycles. The Morgan fingerprint density at radius 2 is 2.12 bits per heavy atom. The van der Waals surface area contributed by atoms with E-state index in [1.54, 1.807) is 12.1 Å². The minimum atomic E-state index is -0.333. The molecule has 1 nitrogen and oxygen atoms in total. The van der Waals surface area contributed by atoms with Gasteiger partial charge in [0.25, 0.3) is 0 Å². The topological polar surface area (TPSA) is 9.23 Å². The Morgan fingerprint density at radius 3 is 2.88 bits per heavy atom. The van der Waals surface area contributed by atoms with Crippen LogP contribution < -0.4 is 4.74 Å². The molecule has 0 saturated carbocycles. The van der Waals surface area contributed by atoms with Crippen molar-refractivity contribution < 1.29 is 9.13 Å². The molecule has 0 bridgehead atoms. The molecule has 2 rings (SSSR count). The van der Waals surface area contributed by atoms with Crippen LogP contribution in [0, 0.1) is 11.9 Å². The molecule has 3 heteroatoms. The Bertz CT molecular complexity index is 439. The van der Waals surface area contributed by atoms with Gasteiger partial charge in [0.1, 0.15) is 18.2 Å². The lowest BCUT2D eigenvalue weighted by Gasteiger charge is -2.05. The second-order valence-corrected chi connectivity index (χ2v) is 3.73. The summed E-state index contributed by atoms with van der Waals surface area (Å²) in [5, 5.41) is 0.657.